The highest BCUT2D eigenvalue weighted by Crippen LogP contribution is 2.46. The second-order valence-electron chi connectivity index (χ2n) is 9.08. The van der Waals surface area contributed by atoms with Gasteiger partial charge in [0.2, 0.25) is 0 Å². The number of para-hydroxylation sites is 1. The number of hydrogen-bond donors (Lipinski definition) is 2. The normalized spacial score (nSPS) is 19.1. The fourth-order valence-corrected chi connectivity index (χ4v) is 4.81. The zero-order chi connectivity index (χ0) is 22.5. The quantitative estimate of drug-likeness (QED) is 0.504. The Morgan fingerprint density at radius 1 is 1.12 bits per heavy atom. The van der Waals surface area contributed by atoms with E-state index in [1.807, 2.05) is 54.6 Å². The third-order valence-electron chi connectivity index (χ3n) is 5.96. The molecule has 1 amide bonds. The number of carbonyl (C=O) groups excluding carboxylic acids is 2. The molecule has 0 bridgehead atoms. The van der Waals surface area contributed by atoms with E-state index in [0.717, 1.165) is 27.7 Å². The van der Waals surface area contributed by atoms with Crippen molar-refractivity contribution in [1.82, 2.24) is 9.78 Å². The summed E-state index contributed by atoms with van der Waals surface area (Å²) < 4.78 is 2.72. The summed E-state index contributed by atoms with van der Waals surface area (Å²) in [5, 5.41) is 10.9. The highest BCUT2D eigenvalue weighted by Gasteiger charge is 2.42. The maximum Gasteiger partial charge on any atom is 0.261 e. The molecule has 162 valence electrons. The predicted octanol–water partition coefficient (Wildman–Crippen LogP) is 5.56. The monoisotopic (exact) mass is 490 g/mol. The zero-order valence-corrected chi connectivity index (χ0v) is 19.4. The number of benzene rings is 2. The Kier molecular flexibility index (Phi) is 5.01. The average molecular weight is 491 g/mol. The average Bonchev–Trinajstić information content (AvgIpc) is 3.16. The van der Waals surface area contributed by atoms with Crippen LogP contribution in [0.1, 0.15) is 48.7 Å². The number of hydrogen-bond acceptors (Lipinski definition) is 4. The van der Waals surface area contributed by atoms with Crippen molar-refractivity contribution in [2.75, 3.05) is 10.6 Å². The Bertz CT molecular complexity index is 1240. The Hall–Kier alpha value is -3.19. The molecule has 0 saturated heterocycles. The fourth-order valence-electron chi connectivity index (χ4n) is 4.55. The Balaban J connectivity index is 1.60. The van der Waals surface area contributed by atoms with Gasteiger partial charge in [0.1, 0.15) is 17.4 Å². The highest BCUT2D eigenvalue weighted by atomic mass is 79.9. The molecule has 3 aromatic rings. The number of anilines is 2. The van der Waals surface area contributed by atoms with Crippen LogP contribution in [0.4, 0.5) is 11.5 Å². The number of amides is 1. The van der Waals surface area contributed by atoms with Gasteiger partial charge in [0.05, 0.1) is 6.20 Å². The van der Waals surface area contributed by atoms with Crippen LogP contribution in [0.3, 0.4) is 0 Å². The zero-order valence-electron chi connectivity index (χ0n) is 17.9. The van der Waals surface area contributed by atoms with Crippen LogP contribution in [0.25, 0.3) is 0 Å². The SMILES string of the molecule is CC1(C)CC(=O)C2=C(C1)Nc1c(C(=O)Nc3ccccc3)cnn1C2c1ccc(Br)cc1. The molecule has 1 aliphatic heterocycles. The number of aromatic nitrogens is 2. The molecular formula is C25H23BrN4O2. The van der Waals surface area contributed by atoms with Crippen molar-refractivity contribution in [3.8, 4) is 0 Å². The lowest BCUT2D eigenvalue weighted by Gasteiger charge is -2.39. The summed E-state index contributed by atoms with van der Waals surface area (Å²) in [6, 6.07) is 16.9. The smallest absolute Gasteiger partial charge is 0.261 e. The first-order chi connectivity index (χ1) is 15.3. The number of carbonyl (C=O) groups is 2. The number of nitrogens with one attached hydrogen (secondary N) is 2. The first-order valence-electron chi connectivity index (χ1n) is 10.5. The van der Waals surface area contributed by atoms with Gasteiger partial charge in [-0.3, -0.25) is 9.59 Å². The minimum Gasteiger partial charge on any atom is -0.343 e. The van der Waals surface area contributed by atoms with Gasteiger partial charge in [-0.2, -0.15) is 5.10 Å². The van der Waals surface area contributed by atoms with Gasteiger partial charge < -0.3 is 10.6 Å². The third kappa shape index (κ3) is 3.66. The molecule has 2 aromatic carbocycles. The maximum atomic E-state index is 13.3. The summed E-state index contributed by atoms with van der Waals surface area (Å²) in [4.78, 5) is 26.4. The molecule has 2 heterocycles. The van der Waals surface area contributed by atoms with Crippen LogP contribution in [-0.4, -0.2) is 21.5 Å². The molecule has 1 aliphatic carbocycles. The largest absolute Gasteiger partial charge is 0.343 e. The number of ketones is 1. The lowest BCUT2D eigenvalue weighted by molar-refractivity contribution is -0.118. The molecule has 1 aromatic heterocycles. The molecule has 32 heavy (non-hydrogen) atoms. The minimum atomic E-state index is -0.378. The number of nitrogens with zero attached hydrogens (tertiary/aromatic N) is 2. The summed E-state index contributed by atoms with van der Waals surface area (Å²) in [5.74, 6) is 0.480. The van der Waals surface area contributed by atoms with E-state index in [1.54, 1.807) is 10.9 Å². The van der Waals surface area contributed by atoms with Crippen LogP contribution in [0.5, 0.6) is 0 Å². The molecule has 2 aliphatic rings. The second-order valence-corrected chi connectivity index (χ2v) is 10.00. The van der Waals surface area contributed by atoms with E-state index >= 15 is 0 Å². The van der Waals surface area contributed by atoms with Crippen LogP contribution >= 0.6 is 15.9 Å². The van der Waals surface area contributed by atoms with Crippen molar-refractivity contribution in [3.63, 3.8) is 0 Å². The van der Waals surface area contributed by atoms with Gasteiger partial charge in [-0.25, -0.2) is 4.68 Å². The summed E-state index contributed by atoms with van der Waals surface area (Å²) in [6.07, 6.45) is 2.78. The molecule has 0 saturated carbocycles. The standard InChI is InChI=1S/C25H23BrN4O2/c1-25(2)12-19-21(20(31)13-25)22(15-8-10-16(26)11-9-15)30-23(29-19)18(14-27-30)24(32)28-17-6-4-3-5-7-17/h3-11,14,22,29H,12-13H2,1-2H3,(H,28,32). The van der Waals surface area contributed by atoms with Crippen molar-refractivity contribution >= 4 is 39.1 Å². The lowest BCUT2D eigenvalue weighted by atomic mass is 9.73. The van der Waals surface area contributed by atoms with Gasteiger partial charge >= 0.3 is 0 Å². The number of fused-ring (bicyclic) bond motifs is 1. The van der Waals surface area contributed by atoms with Crippen molar-refractivity contribution in [3.05, 3.63) is 87.7 Å². The molecule has 0 radical (unpaired) electrons. The summed E-state index contributed by atoms with van der Waals surface area (Å²) >= 11 is 3.48. The van der Waals surface area contributed by atoms with Gasteiger partial charge in [-0.05, 0) is 41.7 Å². The van der Waals surface area contributed by atoms with E-state index < -0.39 is 0 Å². The van der Waals surface area contributed by atoms with Gasteiger partial charge in [-0.15, -0.1) is 0 Å². The summed E-state index contributed by atoms with van der Waals surface area (Å²) in [7, 11) is 0. The molecule has 0 fully saturated rings. The van der Waals surface area contributed by atoms with Crippen molar-refractivity contribution < 1.29 is 9.59 Å². The Morgan fingerprint density at radius 2 is 1.84 bits per heavy atom. The molecule has 2 N–H and O–H groups in total. The molecule has 5 rings (SSSR count). The summed E-state index contributed by atoms with van der Waals surface area (Å²) in [6.45, 7) is 4.19. The molecule has 0 spiro atoms. The van der Waals surface area contributed by atoms with E-state index in [0.29, 0.717) is 23.5 Å². The van der Waals surface area contributed by atoms with E-state index in [1.165, 1.54) is 0 Å². The highest BCUT2D eigenvalue weighted by molar-refractivity contribution is 9.10. The second kappa shape index (κ2) is 7.74. The Labute approximate surface area is 194 Å². The van der Waals surface area contributed by atoms with E-state index in [2.05, 4.69) is 45.5 Å². The van der Waals surface area contributed by atoms with E-state index in [9.17, 15) is 9.59 Å². The number of Topliss-reactive ketones (excluding diaryl/α,β-unsaturated/α-hetero) is 1. The number of allylic oxidation sites excluding steroid dienone is 2. The first kappa shape index (κ1) is 20.7. The van der Waals surface area contributed by atoms with E-state index in [4.69, 9.17) is 0 Å². The fraction of sp³-hybridized carbons (Fsp3) is 0.240. The van der Waals surface area contributed by atoms with Crippen LogP contribution in [0.2, 0.25) is 0 Å². The van der Waals surface area contributed by atoms with Crippen LogP contribution < -0.4 is 10.6 Å². The molecule has 7 heteroatoms. The van der Waals surface area contributed by atoms with Crippen molar-refractivity contribution in [1.29, 1.82) is 0 Å². The van der Waals surface area contributed by atoms with Crippen molar-refractivity contribution in [2.45, 2.75) is 32.7 Å². The van der Waals surface area contributed by atoms with Crippen LogP contribution in [-0.2, 0) is 4.79 Å². The van der Waals surface area contributed by atoms with Gasteiger partial charge in [0.25, 0.3) is 5.91 Å². The summed E-state index contributed by atoms with van der Waals surface area (Å²) in [5.41, 5.74) is 3.57. The van der Waals surface area contributed by atoms with Crippen LogP contribution in [0.15, 0.2) is 76.5 Å². The van der Waals surface area contributed by atoms with Gasteiger partial charge in [-0.1, -0.05) is 60.1 Å². The third-order valence-corrected chi connectivity index (χ3v) is 6.49. The lowest BCUT2D eigenvalue weighted by Crippen LogP contribution is -2.36. The predicted molar refractivity (Wildman–Crippen MR) is 128 cm³/mol. The number of halogens is 1. The maximum absolute atomic E-state index is 13.3. The number of rotatable bonds is 3. The van der Waals surface area contributed by atoms with E-state index in [-0.39, 0.29) is 23.1 Å². The van der Waals surface area contributed by atoms with Crippen molar-refractivity contribution in [2.24, 2.45) is 5.41 Å². The molecule has 1 atom stereocenters. The molecule has 1 unspecified atom stereocenters. The molecular weight excluding hydrogens is 468 g/mol. The van der Waals surface area contributed by atoms with Gasteiger partial charge in [0, 0.05) is 27.9 Å². The van der Waals surface area contributed by atoms with Crippen LogP contribution in [0, 0.1) is 5.41 Å². The minimum absolute atomic E-state index is 0.119. The Morgan fingerprint density at radius 3 is 2.56 bits per heavy atom. The molecule has 6 nitrogen and oxygen atoms in total. The topological polar surface area (TPSA) is 76.0 Å². The first-order valence-corrected chi connectivity index (χ1v) is 11.3. The van der Waals surface area contributed by atoms with Gasteiger partial charge in [0.15, 0.2) is 5.78 Å².